The monoisotopic (exact) mass is 380 g/mol. The first-order valence-electron chi connectivity index (χ1n) is 8.19. The summed E-state index contributed by atoms with van der Waals surface area (Å²) in [5, 5.41) is 3.76. The second-order valence-corrected chi connectivity index (χ2v) is 5.62. The summed E-state index contributed by atoms with van der Waals surface area (Å²) in [5.74, 6) is -2.57. The second kappa shape index (κ2) is 8.68. The fourth-order valence-electron chi connectivity index (χ4n) is 2.28. The Hall–Kier alpha value is -3.87. The van der Waals surface area contributed by atoms with Crippen LogP contribution in [0.5, 0.6) is 5.75 Å². The molecule has 1 N–H and O–H groups in total. The van der Waals surface area contributed by atoms with Crippen molar-refractivity contribution in [2.75, 3.05) is 0 Å². The highest BCUT2D eigenvalue weighted by Crippen LogP contribution is 2.15. The van der Waals surface area contributed by atoms with Gasteiger partial charge in [0.25, 0.3) is 5.91 Å². The van der Waals surface area contributed by atoms with Crippen molar-refractivity contribution in [3.05, 3.63) is 101 Å². The van der Waals surface area contributed by atoms with Crippen molar-refractivity contribution in [2.45, 2.75) is 0 Å². The molecule has 3 aromatic carbocycles. The largest absolute Gasteiger partial charge is 0.423 e. The summed E-state index contributed by atoms with van der Waals surface area (Å²) in [6.07, 6.45) is 1.35. The minimum Gasteiger partial charge on any atom is -0.423 e. The molecule has 0 aromatic heterocycles. The normalized spacial score (nSPS) is 10.6. The van der Waals surface area contributed by atoms with E-state index < -0.39 is 23.5 Å². The number of hydrogen-bond donors (Lipinski definition) is 1. The summed E-state index contributed by atoms with van der Waals surface area (Å²) >= 11 is 0. The molecule has 3 aromatic rings. The van der Waals surface area contributed by atoms with Gasteiger partial charge in [0.1, 0.15) is 17.4 Å². The van der Waals surface area contributed by atoms with E-state index in [1.807, 2.05) is 0 Å². The SMILES string of the molecule is O=C(N/N=C\c1ccc(OC(=O)c2ccccc2F)cc1)c1ccccc1F. The molecule has 0 bridgehead atoms. The van der Waals surface area contributed by atoms with Crippen molar-refractivity contribution < 1.29 is 23.1 Å². The van der Waals surface area contributed by atoms with E-state index in [4.69, 9.17) is 4.74 Å². The molecule has 0 atom stereocenters. The maximum absolute atomic E-state index is 13.6. The van der Waals surface area contributed by atoms with Crippen LogP contribution in [0.2, 0.25) is 0 Å². The van der Waals surface area contributed by atoms with E-state index in [1.54, 1.807) is 18.2 Å². The van der Waals surface area contributed by atoms with E-state index >= 15 is 0 Å². The van der Waals surface area contributed by atoms with Crippen LogP contribution in [0.15, 0.2) is 77.9 Å². The number of amides is 1. The maximum Gasteiger partial charge on any atom is 0.346 e. The maximum atomic E-state index is 13.6. The van der Waals surface area contributed by atoms with E-state index in [0.717, 1.165) is 0 Å². The molecule has 140 valence electrons. The van der Waals surface area contributed by atoms with Crippen LogP contribution in [-0.2, 0) is 0 Å². The van der Waals surface area contributed by atoms with Crippen LogP contribution < -0.4 is 10.2 Å². The van der Waals surface area contributed by atoms with E-state index in [1.165, 1.54) is 60.8 Å². The number of rotatable bonds is 5. The lowest BCUT2D eigenvalue weighted by Gasteiger charge is -2.05. The quantitative estimate of drug-likeness (QED) is 0.315. The average molecular weight is 380 g/mol. The third-order valence-corrected chi connectivity index (χ3v) is 3.68. The third kappa shape index (κ3) is 4.64. The Balaban J connectivity index is 1.59. The van der Waals surface area contributed by atoms with Crippen LogP contribution in [0.1, 0.15) is 26.3 Å². The lowest BCUT2D eigenvalue weighted by atomic mass is 10.2. The second-order valence-electron chi connectivity index (χ2n) is 5.62. The number of ether oxygens (including phenoxy) is 1. The molecule has 0 fully saturated rings. The lowest BCUT2D eigenvalue weighted by molar-refractivity contribution is 0.0729. The van der Waals surface area contributed by atoms with Gasteiger partial charge in [-0.15, -0.1) is 0 Å². The molecule has 0 heterocycles. The molecular weight excluding hydrogens is 366 g/mol. The first-order chi connectivity index (χ1) is 13.5. The third-order valence-electron chi connectivity index (χ3n) is 3.68. The Labute approximate surface area is 159 Å². The average Bonchev–Trinajstić information content (AvgIpc) is 2.70. The molecule has 0 aliphatic carbocycles. The highest BCUT2D eigenvalue weighted by Gasteiger charge is 2.13. The molecule has 3 rings (SSSR count). The summed E-state index contributed by atoms with van der Waals surface area (Å²) in [5.41, 5.74) is 2.54. The molecule has 0 radical (unpaired) electrons. The van der Waals surface area contributed by atoms with Gasteiger partial charge in [0, 0.05) is 0 Å². The van der Waals surface area contributed by atoms with Crippen molar-refractivity contribution in [3.63, 3.8) is 0 Å². The lowest BCUT2D eigenvalue weighted by Crippen LogP contribution is -2.18. The van der Waals surface area contributed by atoms with Crippen LogP contribution in [-0.4, -0.2) is 18.1 Å². The van der Waals surface area contributed by atoms with Gasteiger partial charge < -0.3 is 4.74 Å². The highest BCUT2D eigenvalue weighted by atomic mass is 19.1. The molecular formula is C21H14F2N2O3. The number of nitrogens with zero attached hydrogens (tertiary/aromatic N) is 1. The van der Waals surface area contributed by atoms with Crippen molar-refractivity contribution >= 4 is 18.1 Å². The van der Waals surface area contributed by atoms with Gasteiger partial charge in [-0.2, -0.15) is 5.10 Å². The van der Waals surface area contributed by atoms with E-state index in [9.17, 15) is 18.4 Å². The molecule has 1 amide bonds. The van der Waals surface area contributed by atoms with Crippen LogP contribution in [0.4, 0.5) is 8.78 Å². The number of esters is 1. The predicted molar refractivity (Wildman–Crippen MR) is 99.3 cm³/mol. The number of hydrazone groups is 1. The van der Waals surface area contributed by atoms with Crippen molar-refractivity contribution in [2.24, 2.45) is 5.10 Å². The molecule has 0 unspecified atom stereocenters. The van der Waals surface area contributed by atoms with Crippen LogP contribution in [0.25, 0.3) is 0 Å². The smallest absolute Gasteiger partial charge is 0.346 e. The van der Waals surface area contributed by atoms with Gasteiger partial charge in [-0.25, -0.2) is 19.0 Å². The molecule has 0 aliphatic rings. The number of benzene rings is 3. The van der Waals surface area contributed by atoms with E-state index in [-0.39, 0.29) is 16.9 Å². The van der Waals surface area contributed by atoms with Gasteiger partial charge in [0.15, 0.2) is 0 Å². The summed E-state index contributed by atoms with van der Waals surface area (Å²) in [6.45, 7) is 0. The summed E-state index contributed by atoms with van der Waals surface area (Å²) in [4.78, 5) is 23.8. The van der Waals surface area contributed by atoms with Gasteiger partial charge in [-0.3, -0.25) is 4.79 Å². The zero-order chi connectivity index (χ0) is 19.9. The molecule has 0 saturated carbocycles. The van der Waals surface area contributed by atoms with Crippen molar-refractivity contribution in [1.29, 1.82) is 0 Å². The van der Waals surface area contributed by atoms with Crippen LogP contribution in [0.3, 0.4) is 0 Å². The van der Waals surface area contributed by atoms with Gasteiger partial charge >= 0.3 is 5.97 Å². The molecule has 0 saturated heterocycles. The zero-order valence-corrected chi connectivity index (χ0v) is 14.4. The Morgan fingerprint density at radius 1 is 0.821 bits per heavy atom. The molecule has 7 heteroatoms. The molecule has 5 nitrogen and oxygen atoms in total. The van der Waals surface area contributed by atoms with Gasteiger partial charge in [0.05, 0.1) is 17.3 Å². The fourth-order valence-corrected chi connectivity index (χ4v) is 2.28. The van der Waals surface area contributed by atoms with E-state index in [0.29, 0.717) is 5.56 Å². The first kappa shape index (κ1) is 18.9. The van der Waals surface area contributed by atoms with Crippen LogP contribution >= 0.6 is 0 Å². The van der Waals surface area contributed by atoms with Gasteiger partial charge in [-0.05, 0) is 54.1 Å². The number of halogens is 2. The van der Waals surface area contributed by atoms with E-state index in [2.05, 4.69) is 10.5 Å². The summed E-state index contributed by atoms with van der Waals surface area (Å²) in [6, 6.07) is 17.2. The van der Waals surface area contributed by atoms with Gasteiger partial charge in [-0.1, -0.05) is 24.3 Å². The molecule has 0 spiro atoms. The topological polar surface area (TPSA) is 67.8 Å². The minimum absolute atomic E-state index is 0.116. The van der Waals surface area contributed by atoms with Crippen LogP contribution in [0, 0.1) is 11.6 Å². The number of carbonyl (C=O) groups excluding carboxylic acids is 2. The highest BCUT2D eigenvalue weighted by molar-refractivity contribution is 5.95. The predicted octanol–water partition coefficient (Wildman–Crippen LogP) is 3.95. The molecule has 0 aliphatic heterocycles. The summed E-state index contributed by atoms with van der Waals surface area (Å²) < 4.78 is 32.2. The Morgan fingerprint density at radius 3 is 2.00 bits per heavy atom. The Morgan fingerprint density at radius 2 is 1.39 bits per heavy atom. The minimum atomic E-state index is -0.809. The number of hydrogen-bond acceptors (Lipinski definition) is 4. The molecule has 28 heavy (non-hydrogen) atoms. The number of carbonyl (C=O) groups is 2. The first-order valence-corrected chi connectivity index (χ1v) is 8.19. The zero-order valence-electron chi connectivity index (χ0n) is 14.4. The number of nitrogens with one attached hydrogen (secondary N) is 1. The Kier molecular flexibility index (Phi) is 5.86. The van der Waals surface area contributed by atoms with Gasteiger partial charge in [0.2, 0.25) is 0 Å². The van der Waals surface area contributed by atoms with Crippen molar-refractivity contribution in [1.82, 2.24) is 5.43 Å². The summed E-state index contributed by atoms with van der Waals surface area (Å²) in [7, 11) is 0. The standard InChI is InChI=1S/C21H14F2N2O3/c22-18-7-3-1-5-16(18)20(26)25-24-13-14-9-11-15(12-10-14)28-21(27)17-6-2-4-8-19(17)23/h1-13H,(H,25,26)/b24-13-. The fraction of sp³-hybridized carbons (Fsp3) is 0. The Bertz CT molecular complexity index is 1030. The van der Waals surface area contributed by atoms with Crippen molar-refractivity contribution in [3.8, 4) is 5.75 Å².